The van der Waals surface area contributed by atoms with Gasteiger partial charge in [0.05, 0.1) is 11.3 Å². The molecule has 0 saturated carbocycles. The first-order chi connectivity index (χ1) is 12.8. The summed E-state index contributed by atoms with van der Waals surface area (Å²) < 4.78 is 0. The van der Waals surface area contributed by atoms with Crippen LogP contribution in [0.15, 0.2) is 78.9 Å². The van der Waals surface area contributed by atoms with Crippen molar-refractivity contribution < 1.29 is 4.79 Å². The second-order valence-corrected chi connectivity index (χ2v) is 6.42. The van der Waals surface area contributed by atoms with E-state index in [0.29, 0.717) is 5.56 Å². The fourth-order valence-electron chi connectivity index (χ4n) is 3.65. The van der Waals surface area contributed by atoms with Gasteiger partial charge in [0, 0.05) is 22.2 Å². The Bertz CT molecular complexity index is 1110. The molecule has 4 heteroatoms. The maximum absolute atomic E-state index is 12.6. The van der Waals surface area contributed by atoms with Gasteiger partial charge in [-0.1, -0.05) is 60.7 Å². The predicted molar refractivity (Wildman–Crippen MR) is 104 cm³/mol. The van der Waals surface area contributed by atoms with E-state index in [1.165, 1.54) is 0 Å². The fourth-order valence-corrected chi connectivity index (χ4v) is 3.65. The Morgan fingerprint density at radius 1 is 0.731 bits per heavy atom. The predicted octanol–water partition coefficient (Wildman–Crippen LogP) is 4.69. The number of H-pyrrole nitrogens is 1. The van der Waals surface area contributed by atoms with Crippen LogP contribution in [0, 0.1) is 0 Å². The lowest BCUT2D eigenvalue weighted by molar-refractivity contribution is 0.0936. The van der Waals surface area contributed by atoms with E-state index in [9.17, 15) is 4.79 Å². The number of hydrogen-bond acceptors (Lipinski definition) is 2. The van der Waals surface area contributed by atoms with E-state index in [-0.39, 0.29) is 12.1 Å². The Morgan fingerprint density at radius 2 is 1.46 bits per heavy atom. The fraction of sp³-hybridized carbons (Fsp3) is 0.0455. The number of benzene rings is 3. The highest BCUT2D eigenvalue weighted by molar-refractivity contribution is 6.03. The quantitative estimate of drug-likeness (QED) is 0.496. The smallest absolute Gasteiger partial charge is 0.255 e. The van der Waals surface area contributed by atoms with Gasteiger partial charge in [0.2, 0.25) is 0 Å². The van der Waals surface area contributed by atoms with Crippen molar-refractivity contribution in [3.8, 4) is 11.3 Å². The lowest BCUT2D eigenvalue weighted by Crippen LogP contribution is -2.38. The van der Waals surface area contributed by atoms with Crippen LogP contribution in [0.5, 0.6) is 0 Å². The van der Waals surface area contributed by atoms with E-state index in [2.05, 4.69) is 39.9 Å². The molecule has 4 nitrogen and oxygen atoms in total. The molecule has 0 radical (unpaired) electrons. The van der Waals surface area contributed by atoms with Gasteiger partial charge in [-0.15, -0.1) is 0 Å². The Morgan fingerprint density at radius 3 is 2.35 bits per heavy atom. The first-order valence-corrected chi connectivity index (χ1v) is 8.64. The van der Waals surface area contributed by atoms with Crippen LogP contribution in [0.1, 0.15) is 22.1 Å². The standard InChI is InChI=1S/C22H17N3O/c26-22-16-11-5-7-13-18(16)24-21(25-22)19-15-10-4-6-12-17(15)23-20(19)14-8-2-1-3-9-14/h1-13,21,23-24H,(H,25,26)/t21-/m1/s1. The SMILES string of the molecule is O=C1N[C@H](c2c(-c3ccccc3)[nH]c3ccccc23)Nc2ccccc21. The maximum Gasteiger partial charge on any atom is 0.255 e. The van der Waals surface area contributed by atoms with Crippen molar-refractivity contribution in [1.82, 2.24) is 10.3 Å². The Kier molecular flexibility index (Phi) is 3.28. The summed E-state index contributed by atoms with van der Waals surface area (Å²) in [7, 11) is 0. The van der Waals surface area contributed by atoms with Gasteiger partial charge < -0.3 is 15.6 Å². The second-order valence-electron chi connectivity index (χ2n) is 6.42. The van der Waals surface area contributed by atoms with Crippen molar-refractivity contribution in [2.75, 3.05) is 5.32 Å². The van der Waals surface area contributed by atoms with Gasteiger partial charge in [0.15, 0.2) is 0 Å². The van der Waals surface area contributed by atoms with Crippen LogP contribution in [-0.2, 0) is 0 Å². The zero-order chi connectivity index (χ0) is 17.5. The third-order valence-electron chi connectivity index (χ3n) is 4.84. The minimum atomic E-state index is -0.302. The molecule has 0 unspecified atom stereocenters. The van der Waals surface area contributed by atoms with Gasteiger partial charge in [0.1, 0.15) is 6.17 Å². The average molecular weight is 339 g/mol. The Hall–Kier alpha value is -3.53. The molecule has 126 valence electrons. The molecule has 1 aromatic heterocycles. The highest BCUT2D eigenvalue weighted by Crippen LogP contribution is 2.37. The molecule has 1 aliphatic rings. The van der Waals surface area contributed by atoms with Gasteiger partial charge in [-0.05, 0) is 23.8 Å². The minimum absolute atomic E-state index is 0.0614. The summed E-state index contributed by atoms with van der Waals surface area (Å²) in [4.78, 5) is 16.1. The van der Waals surface area contributed by atoms with Crippen LogP contribution >= 0.6 is 0 Å². The molecule has 5 rings (SSSR count). The van der Waals surface area contributed by atoms with E-state index < -0.39 is 0 Å². The largest absolute Gasteiger partial charge is 0.361 e. The summed E-state index contributed by atoms with van der Waals surface area (Å²) in [5.41, 5.74) is 5.74. The molecular formula is C22H17N3O. The summed E-state index contributed by atoms with van der Waals surface area (Å²) in [6, 6.07) is 26.0. The van der Waals surface area contributed by atoms with Crippen LogP contribution in [-0.4, -0.2) is 10.9 Å². The van der Waals surface area contributed by atoms with Crippen molar-refractivity contribution in [2.45, 2.75) is 6.17 Å². The monoisotopic (exact) mass is 339 g/mol. The zero-order valence-corrected chi connectivity index (χ0v) is 14.0. The second kappa shape index (κ2) is 5.77. The number of nitrogens with one attached hydrogen (secondary N) is 3. The molecule has 0 aliphatic carbocycles. The number of aromatic amines is 1. The minimum Gasteiger partial charge on any atom is -0.361 e. The molecule has 0 bridgehead atoms. The van der Waals surface area contributed by atoms with Crippen molar-refractivity contribution >= 4 is 22.5 Å². The maximum atomic E-state index is 12.6. The summed E-state index contributed by atoms with van der Waals surface area (Å²) in [6.07, 6.45) is -0.302. The molecule has 3 aromatic carbocycles. The first-order valence-electron chi connectivity index (χ1n) is 8.64. The van der Waals surface area contributed by atoms with Crippen molar-refractivity contribution in [3.05, 3.63) is 90.0 Å². The van der Waals surface area contributed by atoms with E-state index in [1.54, 1.807) is 0 Å². The van der Waals surface area contributed by atoms with E-state index in [0.717, 1.165) is 33.4 Å². The van der Waals surface area contributed by atoms with E-state index in [1.807, 2.05) is 54.6 Å². The topological polar surface area (TPSA) is 56.9 Å². The number of hydrogen-bond donors (Lipinski definition) is 3. The summed E-state index contributed by atoms with van der Waals surface area (Å²) in [5.74, 6) is -0.0614. The van der Waals surface area contributed by atoms with Crippen molar-refractivity contribution in [3.63, 3.8) is 0 Å². The molecule has 0 saturated heterocycles. The third-order valence-corrected chi connectivity index (χ3v) is 4.84. The summed E-state index contributed by atoms with van der Waals surface area (Å²) in [5, 5.41) is 7.69. The van der Waals surface area contributed by atoms with Gasteiger partial charge in [-0.2, -0.15) is 0 Å². The Labute approximate surface area is 150 Å². The first kappa shape index (κ1) is 14.8. The molecule has 1 aliphatic heterocycles. The van der Waals surface area contributed by atoms with Crippen LogP contribution in [0.2, 0.25) is 0 Å². The molecule has 1 amide bonds. The van der Waals surface area contributed by atoms with Crippen LogP contribution in [0.4, 0.5) is 5.69 Å². The number of amides is 1. The van der Waals surface area contributed by atoms with Gasteiger partial charge in [-0.3, -0.25) is 4.79 Å². The molecule has 2 heterocycles. The van der Waals surface area contributed by atoms with Crippen LogP contribution in [0.25, 0.3) is 22.2 Å². The molecule has 0 fully saturated rings. The number of para-hydroxylation sites is 2. The average Bonchev–Trinajstić information content (AvgIpc) is 3.08. The van der Waals surface area contributed by atoms with Crippen LogP contribution < -0.4 is 10.6 Å². The number of rotatable bonds is 2. The lowest BCUT2D eigenvalue weighted by atomic mass is 10.00. The van der Waals surface area contributed by atoms with Gasteiger partial charge in [0.25, 0.3) is 5.91 Å². The summed E-state index contributed by atoms with van der Waals surface area (Å²) >= 11 is 0. The van der Waals surface area contributed by atoms with E-state index >= 15 is 0 Å². The number of aromatic nitrogens is 1. The number of carbonyl (C=O) groups excluding carboxylic acids is 1. The molecule has 4 aromatic rings. The molecule has 26 heavy (non-hydrogen) atoms. The third kappa shape index (κ3) is 2.27. The van der Waals surface area contributed by atoms with Crippen molar-refractivity contribution in [1.29, 1.82) is 0 Å². The number of carbonyl (C=O) groups is 1. The Balaban J connectivity index is 1.71. The molecule has 1 atom stereocenters. The molecule has 3 N–H and O–H groups in total. The van der Waals surface area contributed by atoms with Gasteiger partial charge >= 0.3 is 0 Å². The summed E-state index contributed by atoms with van der Waals surface area (Å²) in [6.45, 7) is 0. The molecular weight excluding hydrogens is 322 g/mol. The van der Waals surface area contributed by atoms with Gasteiger partial charge in [-0.25, -0.2) is 0 Å². The highest BCUT2D eigenvalue weighted by atomic mass is 16.2. The van der Waals surface area contributed by atoms with Crippen LogP contribution in [0.3, 0.4) is 0 Å². The highest BCUT2D eigenvalue weighted by Gasteiger charge is 2.28. The molecule has 0 spiro atoms. The zero-order valence-electron chi connectivity index (χ0n) is 14.0. The van der Waals surface area contributed by atoms with Crippen molar-refractivity contribution in [2.24, 2.45) is 0 Å². The normalized spacial score (nSPS) is 16.0. The lowest BCUT2D eigenvalue weighted by Gasteiger charge is -2.28. The van der Waals surface area contributed by atoms with E-state index in [4.69, 9.17) is 0 Å². The number of anilines is 1. The number of fused-ring (bicyclic) bond motifs is 2.